The smallest absolute Gasteiger partial charge is 0.326 e. The van der Waals surface area contributed by atoms with Gasteiger partial charge in [-0.3, -0.25) is 25.1 Å². The number of hydrazine groups is 1. The molecule has 0 bridgehead atoms. The molecule has 5 unspecified atom stereocenters. The van der Waals surface area contributed by atoms with E-state index >= 15 is 0 Å². The van der Waals surface area contributed by atoms with Gasteiger partial charge in [-0.05, 0) is 12.8 Å². The summed E-state index contributed by atoms with van der Waals surface area (Å²) in [7, 11) is 2.87. The van der Waals surface area contributed by atoms with Crippen LogP contribution in [0.25, 0.3) is 0 Å². The third-order valence-corrected chi connectivity index (χ3v) is 5.06. The normalized spacial score (nSPS) is 35.8. The van der Waals surface area contributed by atoms with Gasteiger partial charge in [-0.15, -0.1) is 0 Å². The molecule has 3 rings (SSSR count). The van der Waals surface area contributed by atoms with Gasteiger partial charge >= 0.3 is 5.97 Å². The van der Waals surface area contributed by atoms with E-state index in [9.17, 15) is 9.59 Å². The van der Waals surface area contributed by atoms with Crippen LogP contribution in [0.15, 0.2) is 0 Å². The Morgan fingerprint density at radius 2 is 2.04 bits per heavy atom. The van der Waals surface area contributed by atoms with E-state index in [2.05, 4.69) is 37.0 Å². The van der Waals surface area contributed by atoms with Crippen molar-refractivity contribution >= 4 is 11.9 Å². The predicted octanol–water partition coefficient (Wildman–Crippen LogP) is -3.42. The molecule has 3 fully saturated rings. The number of carbonyl (C=O) groups is 2. The second-order valence-corrected chi connectivity index (χ2v) is 6.69. The number of amides is 1. The lowest BCUT2D eigenvalue weighted by molar-refractivity contribution is -0.147. The zero-order chi connectivity index (χ0) is 18.5. The van der Waals surface area contributed by atoms with Crippen molar-refractivity contribution in [2.24, 2.45) is 0 Å². The number of methoxy groups -OCH3 is 2. The average Bonchev–Trinajstić information content (AvgIpc) is 3.22. The number of piperazine rings is 1. The van der Waals surface area contributed by atoms with Crippen LogP contribution in [0.5, 0.6) is 0 Å². The number of nitrogens with one attached hydrogen (secondary N) is 6. The summed E-state index contributed by atoms with van der Waals surface area (Å²) in [5, 5.41) is 12.3. The van der Waals surface area contributed by atoms with Crippen molar-refractivity contribution in [1.29, 1.82) is 0 Å². The molecule has 6 N–H and O–H groups in total. The van der Waals surface area contributed by atoms with Crippen LogP contribution in [0.2, 0.25) is 0 Å². The van der Waals surface area contributed by atoms with Crippen molar-refractivity contribution in [1.82, 2.24) is 37.0 Å². The van der Waals surface area contributed by atoms with E-state index in [0.717, 1.165) is 26.2 Å². The molecule has 3 saturated heterocycles. The van der Waals surface area contributed by atoms with Crippen LogP contribution in [0.1, 0.15) is 12.8 Å². The summed E-state index contributed by atoms with van der Waals surface area (Å²) in [4.78, 5) is 26.9. The largest absolute Gasteiger partial charge is 0.468 e. The van der Waals surface area contributed by atoms with Gasteiger partial charge in [-0.2, -0.15) is 0 Å². The number of esters is 1. The monoisotopic (exact) mass is 371 g/mol. The molecule has 3 aliphatic rings. The van der Waals surface area contributed by atoms with Gasteiger partial charge < -0.3 is 20.1 Å². The van der Waals surface area contributed by atoms with Crippen LogP contribution in [-0.2, 0) is 19.1 Å². The van der Waals surface area contributed by atoms with E-state index in [1.807, 2.05) is 0 Å². The Kier molecular flexibility index (Phi) is 6.75. The second kappa shape index (κ2) is 9.04. The van der Waals surface area contributed by atoms with Gasteiger partial charge in [0.1, 0.15) is 24.5 Å². The van der Waals surface area contributed by atoms with Gasteiger partial charge in [0, 0.05) is 33.4 Å². The highest BCUT2D eigenvalue weighted by Gasteiger charge is 2.38. The third kappa shape index (κ3) is 4.49. The maximum atomic E-state index is 12.6. The lowest BCUT2D eigenvalue weighted by Gasteiger charge is -2.38. The predicted molar refractivity (Wildman–Crippen MR) is 92.3 cm³/mol. The molecule has 3 aliphatic heterocycles. The standard InChI is InChI=1S/C15H29N7O4/c1-25-11-7-17-13(12(18-11)15(24)26-2)19-14(23)9-3-4-10(21-20-9)22-6-5-16-8-22/h9-13,16-18,20-21H,3-8H2,1-2H3,(H,19,23). The molecule has 0 aliphatic carbocycles. The Morgan fingerprint density at radius 3 is 2.65 bits per heavy atom. The molecule has 0 aromatic carbocycles. The summed E-state index contributed by atoms with van der Waals surface area (Å²) in [6, 6.07) is -1.08. The molecule has 0 radical (unpaired) electrons. The van der Waals surface area contributed by atoms with Crippen LogP contribution < -0.4 is 32.1 Å². The molecule has 1 amide bonds. The van der Waals surface area contributed by atoms with Gasteiger partial charge in [0.2, 0.25) is 5.91 Å². The van der Waals surface area contributed by atoms with Gasteiger partial charge in [0.25, 0.3) is 0 Å². The molecule has 148 valence electrons. The lowest BCUT2D eigenvalue weighted by Crippen LogP contribution is -2.71. The number of hydrogen-bond donors (Lipinski definition) is 6. The molecule has 26 heavy (non-hydrogen) atoms. The zero-order valence-electron chi connectivity index (χ0n) is 15.2. The van der Waals surface area contributed by atoms with Crippen molar-refractivity contribution < 1.29 is 19.1 Å². The fraction of sp³-hybridized carbons (Fsp3) is 0.867. The summed E-state index contributed by atoms with van der Waals surface area (Å²) in [5.74, 6) is -0.625. The van der Waals surface area contributed by atoms with E-state index < -0.39 is 18.2 Å². The summed E-state index contributed by atoms with van der Waals surface area (Å²) in [6.07, 6.45) is 0.910. The summed E-state index contributed by atoms with van der Waals surface area (Å²) in [6.45, 7) is 3.31. The third-order valence-electron chi connectivity index (χ3n) is 5.06. The van der Waals surface area contributed by atoms with Crippen LogP contribution in [0.3, 0.4) is 0 Å². The molecule has 0 aromatic heterocycles. The minimum Gasteiger partial charge on any atom is -0.468 e. The van der Waals surface area contributed by atoms with Crippen molar-refractivity contribution in [2.75, 3.05) is 40.5 Å². The zero-order valence-corrected chi connectivity index (χ0v) is 15.2. The number of nitrogens with zero attached hydrogens (tertiary/aromatic N) is 1. The fourth-order valence-electron chi connectivity index (χ4n) is 3.50. The van der Waals surface area contributed by atoms with Gasteiger partial charge in [-0.25, -0.2) is 10.9 Å². The highest BCUT2D eigenvalue weighted by Crippen LogP contribution is 2.12. The minimum absolute atomic E-state index is 0.167. The van der Waals surface area contributed by atoms with Gasteiger partial charge in [0.05, 0.1) is 13.3 Å². The van der Waals surface area contributed by atoms with Crippen LogP contribution >= 0.6 is 0 Å². The molecule has 0 aromatic rings. The highest BCUT2D eigenvalue weighted by molar-refractivity contribution is 5.84. The molecule has 0 saturated carbocycles. The molecule has 5 atom stereocenters. The number of carbonyl (C=O) groups excluding carboxylic acids is 2. The van der Waals surface area contributed by atoms with Crippen LogP contribution in [-0.4, -0.2) is 87.9 Å². The molecule has 11 nitrogen and oxygen atoms in total. The lowest BCUT2D eigenvalue weighted by atomic mass is 10.1. The maximum absolute atomic E-state index is 12.6. The first-order chi connectivity index (χ1) is 12.6. The Labute approximate surface area is 152 Å². The Balaban J connectivity index is 1.51. The highest BCUT2D eigenvalue weighted by atomic mass is 16.5. The Bertz CT molecular complexity index is 494. The first-order valence-electron chi connectivity index (χ1n) is 8.98. The molecule has 11 heteroatoms. The van der Waals surface area contributed by atoms with E-state index in [0.29, 0.717) is 13.0 Å². The summed E-state index contributed by atoms with van der Waals surface area (Å²) in [5.41, 5.74) is 6.31. The second-order valence-electron chi connectivity index (χ2n) is 6.69. The van der Waals surface area contributed by atoms with Crippen molar-refractivity contribution in [2.45, 2.75) is 43.5 Å². The van der Waals surface area contributed by atoms with E-state index in [1.165, 1.54) is 7.11 Å². The first kappa shape index (κ1) is 19.4. The summed E-state index contributed by atoms with van der Waals surface area (Å²) >= 11 is 0. The molecule has 0 spiro atoms. The number of rotatable bonds is 5. The maximum Gasteiger partial charge on any atom is 0.326 e. The van der Waals surface area contributed by atoms with E-state index in [4.69, 9.17) is 9.47 Å². The topological polar surface area (TPSA) is 128 Å². The number of ether oxygens (including phenoxy) is 2. The quantitative estimate of drug-likeness (QED) is 0.272. The van der Waals surface area contributed by atoms with Gasteiger partial charge in [0.15, 0.2) is 0 Å². The fourth-order valence-corrected chi connectivity index (χ4v) is 3.50. The molecule has 3 heterocycles. The Morgan fingerprint density at radius 1 is 1.19 bits per heavy atom. The Hall–Kier alpha value is -1.34. The number of hydrogen-bond acceptors (Lipinski definition) is 10. The van der Waals surface area contributed by atoms with Crippen molar-refractivity contribution in [3.63, 3.8) is 0 Å². The average molecular weight is 371 g/mol. The minimum atomic E-state index is -0.720. The summed E-state index contributed by atoms with van der Waals surface area (Å²) < 4.78 is 10.0. The van der Waals surface area contributed by atoms with Crippen molar-refractivity contribution in [3.8, 4) is 0 Å². The van der Waals surface area contributed by atoms with Gasteiger partial charge in [-0.1, -0.05) is 0 Å². The van der Waals surface area contributed by atoms with Crippen LogP contribution in [0, 0.1) is 0 Å². The molecular weight excluding hydrogens is 342 g/mol. The molecular formula is C15H29N7O4. The van der Waals surface area contributed by atoms with E-state index in [-0.39, 0.29) is 24.3 Å². The first-order valence-corrected chi connectivity index (χ1v) is 8.98. The van der Waals surface area contributed by atoms with E-state index in [1.54, 1.807) is 7.11 Å². The van der Waals surface area contributed by atoms with Crippen molar-refractivity contribution in [3.05, 3.63) is 0 Å². The SMILES string of the molecule is COC(=O)C1NC(OC)CNC1NC(=O)C1CCC(N2CCNC2)NN1. The van der Waals surface area contributed by atoms with Crippen LogP contribution in [0.4, 0.5) is 0 Å².